The van der Waals surface area contributed by atoms with E-state index < -0.39 is 0 Å². The van der Waals surface area contributed by atoms with Crippen LogP contribution in [0.4, 0.5) is 0 Å². The van der Waals surface area contributed by atoms with E-state index in [4.69, 9.17) is 0 Å². The number of rotatable bonds is 2. The Hall–Kier alpha value is -1.35. The van der Waals surface area contributed by atoms with Crippen LogP contribution < -0.4 is 5.32 Å². The summed E-state index contributed by atoms with van der Waals surface area (Å²) in [6.45, 7) is 4.10. The molecule has 1 aliphatic heterocycles. The molecule has 0 bridgehead atoms. The molecule has 0 radical (unpaired) electrons. The molecule has 1 saturated heterocycles. The zero-order valence-electron chi connectivity index (χ0n) is 10.6. The third-order valence-corrected chi connectivity index (χ3v) is 3.24. The lowest BCUT2D eigenvalue weighted by molar-refractivity contribution is 0.0912. The second-order valence-corrected chi connectivity index (χ2v) is 4.94. The summed E-state index contributed by atoms with van der Waals surface area (Å²) in [5, 5.41) is 3.11. The monoisotopic (exact) mass is 232 g/mol. The van der Waals surface area contributed by atoms with Crippen molar-refractivity contribution in [2.45, 2.75) is 25.8 Å². The van der Waals surface area contributed by atoms with E-state index in [0.717, 1.165) is 37.1 Å². The molecule has 0 aromatic heterocycles. The van der Waals surface area contributed by atoms with Gasteiger partial charge in [-0.25, -0.2) is 0 Å². The SMILES string of the molecule is Cc1cccc(C(=O)N[C@@H]2CCCN(C)C2)c1. The minimum absolute atomic E-state index is 0.0500. The first-order chi connectivity index (χ1) is 8.15. The number of carbonyl (C=O) groups is 1. The van der Waals surface area contributed by atoms with E-state index in [1.165, 1.54) is 0 Å². The standard InChI is InChI=1S/C14H20N2O/c1-11-5-3-6-12(9-11)14(17)15-13-7-4-8-16(2)10-13/h3,5-6,9,13H,4,7-8,10H2,1-2H3,(H,15,17)/t13-/m1/s1. The quantitative estimate of drug-likeness (QED) is 0.843. The van der Waals surface area contributed by atoms with Gasteiger partial charge in [0.25, 0.3) is 5.91 Å². The van der Waals surface area contributed by atoms with Gasteiger partial charge >= 0.3 is 0 Å². The van der Waals surface area contributed by atoms with E-state index in [9.17, 15) is 4.79 Å². The van der Waals surface area contributed by atoms with Crippen LogP contribution >= 0.6 is 0 Å². The molecule has 1 atom stereocenters. The topological polar surface area (TPSA) is 32.3 Å². The van der Waals surface area contributed by atoms with Crippen LogP contribution in [0.3, 0.4) is 0 Å². The molecule has 1 heterocycles. The van der Waals surface area contributed by atoms with Crippen LogP contribution in [0.5, 0.6) is 0 Å². The van der Waals surface area contributed by atoms with Gasteiger partial charge in [0.05, 0.1) is 0 Å². The number of nitrogens with one attached hydrogen (secondary N) is 1. The second kappa shape index (κ2) is 5.32. The fourth-order valence-electron chi connectivity index (χ4n) is 2.34. The number of aryl methyl sites for hydroxylation is 1. The van der Waals surface area contributed by atoms with E-state index in [-0.39, 0.29) is 5.91 Å². The molecule has 1 N–H and O–H groups in total. The Bertz CT molecular complexity index is 403. The average molecular weight is 232 g/mol. The van der Waals surface area contributed by atoms with Crippen molar-refractivity contribution in [3.63, 3.8) is 0 Å². The van der Waals surface area contributed by atoms with Crippen molar-refractivity contribution < 1.29 is 4.79 Å². The van der Waals surface area contributed by atoms with Crippen molar-refractivity contribution in [3.8, 4) is 0 Å². The van der Waals surface area contributed by atoms with Crippen molar-refractivity contribution in [1.82, 2.24) is 10.2 Å². The Morgan fingerprint density at radius 1 is 1.47 bits per heavy atom. The van der Waals surface area contributed by atoms with E-state index in [1.807, 2.05) is 31.2 Å². The van der Waals surface area contributed by atoms with E-state index in [2.05, 4.69) is 17.3 Å². The number of piperidine rings is 1. The molecular weight excluding hydrogens is 212 g/mol. The Morgan fingerprint density at radius 2 is 2.29 bits per heavy atom. The van der Waals surface area contributed by atoms with Crippen molar-refractivity contribution in [1.29, 1.82) is 0 Å². The molecule has 1 aliphatic rings. The number of amides is 1. The van der Waals surface area contributed by atoms with Crippen LogP contribution in [-0.2, 0) is 0 Å². The predicted octanol–water partition coefficient (Wildman–Crippen LogP) is 1.82. The first-order valence-corrected chi connectivity index (χ1v) is 6.21. The lowest BCUT2D eigenvalue weighted by Gasteiger charge is -2.30. The van der Waals surface area contributed by atoms with Crippen LogP contribution in [0, 0.1) is 6.92 Å². The first-order valence-electron chi connectivity index (χ1n) is 6.21. The summed E-state index contributed by atoms with van der Waals surface area (Å²) in [5.41, 5.74) is 1.89. The molecule has 1 fully saturated rings. The maximum absolute atomic E-state index is 12.0. The minimum atomic E-state index is 0.0500. The number of nitrogens with zero attached hydrogens (tertiary/aromatic N) is 1. The third-order valence-electron chi connectivity index (χ3n) is 3.24. The summed E-state index contributed by atoms with van der Waals surface area (Å²) in [5.74, 6) is 0.0500. The summed E-state index contributed by atoms with van der Waals surface area (Å²) in [6.07, 6.45) is 2.25. The highest BCUT2D eigenvalue weighted by Gasteiger charge is 2.19. The van der Waals surface area contributed by atoms with Crippen molar-refractivity contribution in [2.24, 2.45) is 0 Å². The van der Waals surface area contributed by atoms with Gasteiger partial charge < -0.3 is 10.2 Å². The molecule has 0 spiro atoms. The van der Waals surface area contributed by atoms with Crippen molar-refractivity contribution >= 4 is 5.91 Å². The number of hydrogen-bond acceptors (Lipinski definition) is 2. The predicted molar refractivity (Wildman–Crippen MR) is 69.2 cm³/mol. The highest BCUT2D eigenvalue weighted by Crippen LogP contribution is 2.10. The Balaban J connectivity index is 1.97. The zero-order chi connectivity index (χ0) is 12.3. The van der Waals surface area contributed by atoms with Crippen LogP contribution in [-0.4, -0.2) is 37.0 Å². The maximum atomic E-state index is 12.0. The summed E-state index contributed by atoms with van der Waals surface area (Å²) in [7, 11) is 2.10. The van der Waals surface area contributed by atoms with Crippen molar-refractivity contribution in [2.75, 3.05) is 20.1 Å². The Morgan fingerprint density at radius 3 is 3.00 bits per heavy atom. The third kappa shape index (κ3) is 3.30. The largest absolute Gasteiger partial charge is 0.348 e. The van der Waals surface area contributed by atoms with Crippen LogP contribution in [0.2, 0.25) is 0 Å². The average Bonchev–Trinajstić information content (AvgIpc) is 2.29. The van der Waals surface area contributed by atoms with Gasteiger partial charge in [-0.05, 0) is 45.5 Å². The van der Waals surface area contributed by atoms with Gasteiger partial charge in [0.1, 0.15) is 0 Å². The van der Waals surface area contributed by atoms with Gasteiger partial charge in [0.2, 0.25) is 0 Å². The molecule has 92 valence electrons. The fourth-order valence-corrected chi connectivity index (χ4v) is 2.34. The molecule has 0 unspecified atom stereocenters. The molecular formula is C14H20N2O. The molecule has 1 aromatic carbocycles. The molecule has 3 nitrogen and oxygen atoms in total. The Kier molecular flexibility index (Phi) is 3.79. The van der Waals surface area contributed by atoms with Crippen LogP contribution in [0.1, 0.15) is 28.8 Å². The number of likely N-dealkylation sites (N-methyl/N-ethyl adjacent to an activating group) is 1. The van der Waals surface area contributed by atoms with Gasteiger partial charge in [-0.3, -0.25) is 4.79 Å². The fraction of sp³-hybridized carbons (Fsp3) is 0.500. The second-order valence-electron chi connectivity index (χ2n) is 4.94. The highest BCUT2D eigenvalue weighted by atomic mass is 16.1. The number of hydrogen-bond donors (Lipinski definition) is 1. The van der Waals surface area contributed by atoms with Gasteiger partial charge in [-0.15, -0.1) is 0 Å². The zero-order valence-corrected chi connectivity index (χ0v) is 10.6. The minimum Gasteiger partial charge on any atom is -0.348 e. The highest BCUT2D eigenvalue weighted by molar-refractivity contribution is 5.94. The molecule has 3 heteroatoms. The van der Waals surface area contributed by atoms with Gasteiger partial charge in [-0.2, -0.15) is 0 Å². The number of likely N-dealkylation sites (tertiary alicyclic amines) is 1. The van der Waals surface area contributed by atoms with E-state index in [1.54, 1.807) is 0 Å². The molecule has 0 aliphatic carbocycles. The molecule has 1 aromatic rings. The Labute approximate surface area is 103 Å². The lowest BCUT2D eigenvalue weighted by Crippen LogP contribution is -2.46. The normalized spacial score (nSPS) is 21.2. The summed E-state index contributed by atoms with van der Waals surface area (Å²) >= 11 is 0. The summed E-state index contributed by atoms with van der Waals surface area (Å²) in [4.78, 5) is 14.3. The summed E-state index contributed by atoms with van der Waals surface area (Å²) in [6, 6.07) is 8.03. The summed E-state index contributed by atoms with van der Waals surface area (Å²) < 4.78 is 0. The first kappa shape index (κ1) is 12.1. The van der Waals surface area contributed by atoms with E-state index >= 15 is 0 Å². The number of carbonyl (C=O) groups excluding carboxylic acids is 1. The van der Waals surface area contributed by atoms with Gasteiger partial charge in [0, 0.05) is 18.2 Å². The lowest BCUT2D eigenvalue weighted by atomic mass is 10.1. The van der Waals surface area contributed by atoms with Crippen LogP contribution in [0.15, 0.2) is 24.3 Å². The van der Waals surface area contributed by atoms with Gasteiger partial charge in [-0.1, -0.05) is 17.7 Å². The smallest absolute Gasteiger partial charge is 0.251 e. The molecule has 2 rings (SSSR count). The van der Waals surface area contributed by atoms with Crippen molar-refractivity contribution in [3.05, 3.63) is 35.4 Å². The number of benzene rings is 1. The maximum Gasteiger partial charge on any atom is 0.251 e. The van der Waals surface area contributed by atoms with E-state index in [0.29, 0.717) is 6.04 Å². The molecule has 17 heavy (non-hydrogen) atoms. The molecule has 0 saturated carbocycles. The molecule has 1 amide bonds. The van der Waals surface area contributed by atoms with Gasteiger partial charge in [0.15, 0.2) is 0 Å². The van der Waals surface area contributed by atoms with Crippen LogP contribution in [0.25, 0.3) is 0 Å².